The summed E-state index contributed by atoms with van der Waals surface area (Å²) in [4.78, 5) is 25.3. The van der Waals surface area contributed by atoms with Crippen molar-refractivity contribution in [3.05, 3.63) is 80.4 Å². The highest BCUT2D eigenvalue weighted by molar-refractivity contribution is 5.93. The smallest absolute Gasteiger partial charge is 0.343 e. The normalized spacial score (nSPS) is 11.0. The van der Waals surface area contributed by atoms with E-state index >= 15 is 0 Å². The summed E-state index contributed by atoms with van der Waals surface area (Å²) >= 11 is 0. The van der Waals surface area contributed by atoms with Crippen molar-refractivity contribution in [2.75, 3.05) is 6.61 Å². The van der Waals surface area contributed by atoms with Crippen LogP contribution in [0, 0.1) is 26.6 Å². The van der Waals surface area contributed by atoms with Gasteiger partial charge in [0, 0.05) is 5.39 Å². The minimum Gasteiger partial charge on any atom is -0.462 e. The first-order chi connectivity index (χ1) is 12.8. The van der Waals surface area contributed by atoms with Gasteiger partial charge in [-0.2, -0.15) is 0 Å². The number of aryl methyl sites for hydroxylation is 3. The Balaban J connectivity index is 2.26. The standard InChI is InChI=1S/C22H22FNO3/c1-5-27-22(26)18-11-16-10-17(23)6-7-20(16)24(21(18)25)12-19-14(3)8-13(2)9-15(19)4/h6-11H,5,12H2,1-4H3. The van der Waals surface area contributed by atoms with Gasteiger partial charge < -0.3 is 9.30 Å². The first-order valence-corrected chi connectivity index (χ1v) is 8.88. The summed E-state index contributed by atoms with van der Waals surface area (Å²) in [6.45, 7) is 8.16. The minimum atomic E-state index is -0.695. The van der Waals surface area contributed by atoms with Crippen molar-refractivity contribution >= 4 is 16.9 Å². The van der Waals surface area contributed by atoms with Crippen LogP contribution in [0.2, 0.25) is 0 Å². The Kier molecular flexibility index (Phi) is 5.13. The lowest BCUT2D eigenvalue weighted by Crippen LogP contribution is -2.28. The Hall–Kier alpha value is -2.95. The molecule has 0 amide bonds. The van der Waals surface area contributed by atoms with Crippen molar-refractivity contribution in [2.24, 2.45) is 0 Å². The number of hydrogen-bond acceptors (Lipinski definition) is 3. The van der Waals surface area contributed by atoms with Gasteiger partial charge in [-0.3, -0.25) is 4.79 Å². The molecule has 27 heavy (non-hydrogen) atoms. The molecule has 0 N–H and O–H groups in total. The molecule has 3 aromatic rings. The van der Waals surface area contributed by atoms with E-state index in [2.05, 4.69) is 12.1 Å². The van der Waals surface area contributed by atoms with Crippen LogP contribution in [0.3, 0.4) is 0 Å². The fourth-order valence-electron chi connectivity index (χ4n) is 3.49. The quantitative estimate of drug-likeness (QED) is 0.646. The van der Waals surface area contributed by atoms with Gasteiger partial charge >= 0.3 is 5.97 Å². The molecule has 0 atom stereocenters. The van der Waals surface area contributed by atoms with Gasteiger partial charge in [0.2, 0.25) is 0 Å². The number of rotatable bonds is 4. The van der Waals surface area contributed by atoms with Crippen LogP contribution in [0.1, 0.15) is 39.5 Å². The molecular formula is C22H22FNO3. The summed E-state index contributed by atoms with van der Waals surface area (Å²) < 4.78 is 20.3. The van der Waals surface area contributed by atoms with Crippen molar-refractivity contribution in [3.8, 4) is 0 Å². The number of carbonyl (C=O) groups is 1. The van der Waals surface area contributed by atoms with Gasteiger partial charge in [0.25, 0.3) is 5.56 Å². The van der Waals surface area contributed by atoms with Crippen molar-refractivity contribution in [3.63, 3.8) is 0 Å². The number of fused-ring (bicyclic) bond motifs is 1. The molecule has 0 bridgehead atoms. The number of aromatic nitrogens is 1. The van der Waals surface area contributed by atoms with E-state index in [4.69, 9.17) is 4.74 Å². The SMILES string of the molecule is CCOC(=O)c1cc2cc(F)ccc2n(Cc2c(C)cc(C)cc2C)c1=O. The maximum atomic E-state index is 13.7. The predicted octanol–water partition coefficient (Wildman–Crippen LogP) is 4.29. The summed E-state index contributed by atoms with van der Waals surface area (Å²) in [5.74, 6) is -1.12. The molecule has 0 unspecified atom stereocenters. The van der Waals surface area contributed by atoms with E-state index < -0.39 is 17.3 Å². The third kappa shape index (κ3) is 3.63. The van der Waals surface area contributed by atoms with Gasteiger partial charge in [0.15, 0.2) is 0 Å². The summed E-state index contributed by atoms with van der Waals surface area (Å²) in [7, 11) is 0. The molecule has 0 aliphatic rings. The highest BCUT2D eigenvalue weighted by Gasteiger charge is 2.18. The number of esters is 1. The van der Waals surface area contributed by atoms with Crippen LogP contribution in [0.25, 0.3) is 10.9 Å². The number of halogens is 1. The molecule has 5 heteroatoms. The van der Waals surface area contributed by atoms with E-state index in [1.165, 1.54) is 22.8 Å². The second kappa shape index (κ2) is 7.35. The molecule has 0 aliphatic heterocycles. The molecule has 0 spiro atoms. The molecule has 0 saturated carbocycles. The number of nitrogens with zero attached hydrogens (tertiary/aromatic N) is 1. The van der Waals surface area contributed by atoms with Crippen molar-refractivity contribution in [1.82, 2.24) is 4.57 Å². The average Bonchev–Trinajstić information content (AvgIpc) is 2.59. The molecule has 140 valence electrons. The number of ether oxygens (including phenoxy) is 1. The number of hydrogen-bond donors (Lipinski definition) is 0. The fourth-order valence-corrected chi connectivity index (χ4v) is 3.49. The van der Waals surface area contributed by atoms with Gasteiger partial charge in [-0.05, 0) is 68.7 Å². The van der Waals surface area contributed by atoms with Crippen LogP contribution < -0.4 is 5.56 Å². The molecule has 4 nitrogen and oxygen atoms in total. The monoisotopic (exact) mass is 367 g/mol. The molecule has 0 radical (unpaired) electrons. The zero-order valence-electron chi connectivity index (χ0n) is 15.9. The Bertz CT molecular complexity index is 1080. The Morgan fingerprint density at radius 2 is 1.74 bits per heavy atom. The van der Waals surface area contributed by atoms with Crippen molar-refractivity contribution < 1.29 is 13.9 Å². The topological polar surface area (TPSA) is 48.3 Å². The first kappa shape index (κ1) is 18.8. The zero-order chi connectivity index (χ0) is 19.7. The maximum Gasteiger partial charge on any atom is 0.343 e. The zero-order valence-corrected chi connectivity index (χ0v) is 15.9. The van der Waals surface area contributed by atoms with Gasteiger partial charge in [0.05, 0.1) is 18.7 Å². The molecule has 0 saturated heterocycles. The number of benzene rings is 2. The second-order valence-corrected chi connectivity index (χ2v) is 6.75. The lowest BCUT2D eigenvalue weighted by Gasteiger charge is -2.16. The van der Waals surface area contributed by atoms with Crippen LogP contribution in [0.4, 0.5) is 4.39 Å². The van der Waals surface area contributed by atoms with Gasteiger partial charge in [-0.1, -0.05) is 17.7 Å². The van der Waals surface area contributed by atoms with E-state index in [0.29, 0.717) is 17.4 Å². The number of carbonyl (C=O) groups excluding carboxylic acids is 1. The molecule has 3 rings (SSSR count). The Morgan fingerprint density at radius 1 is 1.07 bits per heavy atom. The largest absolute Gasteiger partial charge is 0.462 e. The van der Waals surface area contributed by atoms with Gasteiger partial charge in [-0.25, -0.2) is 9.18 Å². The summed E-state index contributed by atoms with van der Waals surface area (Å²) in [5.41, 5.74) is 4.34. The Labute approximate surface area is 157 Å². The first-order valence-electron chi connectivity index (χ1n) is 8.88. The lowest BCUT2D eigenvalue weighted by atomic mass is 9.99. The van der Waals surface area contributed by atoms with E-state index in [1.54, 1.807) is 13.0 Å². The van der Waals surface area contributed by atoms with Gasteiger partial charge in [0.1, 0.15) is 11.4 Å². The van der Waals surface area contributed by atoms with E-state index in [0.717, 1.165) is 22.3 Å². The molecule has 1 aromatic heterocycles. The fraction of sp³-hybridized carbons (Fsp3) is 0.273. The molecule has 1 heterocycles. The third-order valence-electron chi connectivity index (χ3n) is 4.71. The van der Waals surface area contributed by atoms with Crippen molar-refractivity contribution in [2.45, 2.75) is 34.2 Å². The maximum absolute atomic E-state index is 13.7. The van der Waals surface area contributed by atoms with Crippen LogP contribution in [-0.4, -0.2) is 17.1 Å². The third-order valence-corrected chi connectivity index (χ3v) is 4.71. The van der Waals surface area contributed by atoms with E-state index in [9.17, 15) is 14.0 Å². The minimum absolute atomic E-state index is 0.0858. The average molecular weight is 367 g/mol. The van der Waals surface area contributed by atoms with E-state index in [1.807, 2.05) is 20.8 Å². The Morgan fingerprint density at radius 3 is 2.37 bits per heavy atom. The van der Waals surface area contributed by atoms with E-state index in [-0.39, 0.29) is 12.2 Å². The lowest BCUT2D eigenvalue weighted by molar-refractivity contribution is 0.0524. The van der Waals surface area contributed by atoms with Crippen LogP contribution in [0.15, 0.2) is 41.2 Å². The molecular weight excluding hydrogens is 345 g/mol. The highest BCUT2D eigenvalue weighted by atomic mass is 19.1. The van der Waals surface area contributed by atoms with Crippen LogP contribution >= 0.6 is 0 Å². The van der Waals surface area contributed by atoms with Crippen molar-refractivity contribution in [1.29, 1.82) is 0 Å². The number of pyridine rings is 1. The predicted molar refractivity (Wildman–Crippen MR) is 104 cm³/mol. The van der Waals surface area contributed by atoms with Crippen LogP contribution in [0.5, 0.6) is 0 Å². The molecule has 0 fully saturated rings. The van der Waals surface area contributed by atoms with Gasteiger partial charge in [-0.15, -0.1) is 0 Å². The second-order valence-electron chi connectivity index (χ2n) is 6.75. The highest BCUT2D eigenvalue weighted by Crippen LogP contribution is 2.21. The molecule has 0 aliphatic carbocycles. The summed E-state index contributed by atoms with van der Waals surface area (Å²) in [6.07, 6.45) is 0. The van der Waals surface area contributed by atoms with Crippen LogP contribution in [-0.2, 0) is 11.3 Å². The summed E-state index contributed by atoms with van der Waals surface area (Å²) in [5, 5.41) is 0.486. The molecule has 2 aromatic carbocycles. The summed E-state index contributed by atoms with van der Waals surface area (Å²) in [6, 6.07) is 9.73.